The minimum atomic E-state index is -0.627. The number of aryl methyl sites for hydroxylation is 2. The predicted octanol–water partition coefficient (Wildman–Crippen LogP) is 2.35. The third-order valence-corrected chi connectivity index (χ3v) is 3.84. The van der Waals surface area contributed by atoms with E-state index < -0.39 is 5.54 Å². The van der Waals surface area contributed by atoms with Crippen molar-refractivity contribution < 1.29 is 9.53 Å². The molecule has 0 aliphatic heterocycles. The molecule has 126 valence electrons. The number of carbonyl (C=O) groups is 1. The number of nitrogens with one attached hydrogen (secondary N) is 2. The molecule has 0 atom stereocenters. The number of hydrogen-bond donors (Lipinski definition) is 2. The normalized spacial score (nSPS) is 11.7. The highest BCUT2D eigenvalue weighted by Crippen LogP contribution is 2.23. The standard InChI is InChI=1S/C17H21N5O2/c1-10-7-18-16(20-10)17(3,4)21-15(23)12-6-13(24-5)14-19-11(2)8-22(14)9-12/h6-9H,1-5H3,(H,18,20)(H,21,23). The summed E-state index contributed by atoms with van der Waals surface area (Å²) < 4.78 is 7.17. The minimum Gasteiger partial charge on any atom is -0.493 e. The van der Waals surface area contributed by atoms with Gasteiger partial charge in [-0.1, -0.05) is 0 Å². The predicted molar refractivity (Wildman–Crippen MR) is 90.3 cm³/mol. The lowest BCUT2D eigenvalue weighted by Crippen LogP contribution is -2.42. The second-order valence-corrected chi connectivity index (χ2v) is 6.40. The summed E-state index contributed by atoms with van der Waals surface area (Å²) in [5, 5.41) is 3.00. The van der Waals surface area contributed by atoms with Crippen molar-refractivity contribution in [2.24, 2.45) is 0 Å². The van der Waals surface area contributed by atoms with E-state index in [1.807, 2.05) is 33.9 Å². The second kappa shape index (κ2) is 5.67. The molecule has 0 saturated heterocycles. The van der Waals surface area contributed by atoms with Gasteiger partial charge < -0.3 is 19.4 Å². The van der Waals surface area contributed by atoms with Gasteiger partial charge in [-0.15, -0.1) is 0 Å². The maximum atomic E-state index is 12.7. The monoisotopic (exact) mass is 327 g/mol. The molecule has 0 aromatic carbocycles. The summed E-state index contributed by atoms with van der Waals surface area (Å²) in [6.07, 6.45) is 5.35. The molecule has 0 saturated carbocycles. The second-order valence-electron chi connectivity index (χ2n) is 6.40. The molecule has 1 amide bonds. The van der Waals surface area contributed by atoms with Crippen molar-refractivity contribution in [2.45, 2.75) is 33.2 Å². The first-order valence-electron chi connectivity index (χ1n) is 7.68. The Kier molecular flexibility index (Phi) is 3.79. The molecule has 0 bridgehead atoms. The molecule has 3 heterocycles. The van der Waals surface area contributed by atoms with Gasteiger partial charge in [0.2, 0.25) is 0 Å². The summed E-state index contributed by atoms with van der Waals surface area (Å²) in [6, 6.07) is 1.70. The number of ether oxygens (including phenoxy) is 1. The Morgan fingerprint density at radius 2 is 2.08 bits per heavy atom. The molecule has 7 heteroatoms. The SMILES string of the molecule is COc1cc(C(=O)NC(C)(C)c2ncc(C)[nH]2)cn2cc(C)nc12. The maximum Gasteiger partial charge on any atom is 0.253 e. The molecule has 0 fully saturated rings. The molecule has 0 spiro atoms. The summed E-state index contributed by atoms with van der Waals surface area (Å²) in [5.74, 6) is 1.06. The number of rotatable bonds is 4. The van der Waals surface area contributed by atoms with Crippen molar-refractivity contribution in [2.75, 3.05) is 7.11 Å². The van der Waals surface area contributed by atoms with Crippen LogP contribution in [0, 0.1) is 13.8 Å². The van der Waals surface area contributed by atoms with Crippen LogP contribution in [0.4, 0.5) is 0 Å². The van der Waals surface area contributed by atoms with Crippen LogP contribution in [-0.4, -0.2) is 32.4 Å². The molecule has 3 aromatic rings. The van der Waals surface area contributed by atoms with E-state index in [2.05, 4.69) is 20.3 Å². The zero-order chi connectivity index (χ0) is 17.5. The van der Waals surface area contributed by atoms with Crippen molar-refractivity contribution >= 4 is 11.6 Å². The van der Waals surface area contributed by atoms with Crippen LogP contribution in [-0.2, 0) is 5.54 Å². The van der Waals surface area contributed by atoms with Crippen molar-refractivity contribution in [3.8, 4) is 5.75 Å². The molecule has 3 rings (SSSR count). The zero-order valence-corrected chi connectivity index (χ0v) is 14.5. The minimum absolute atomic E-state index is 0.208. The molecule has 0 radical (unpaired) electrons. The van der Waals surface area contributed by atoms with E-state index in [1.54, 1.807) is 30.0 Å². The number of aromatic amines is 1. The van der Waals surface area contributed by atoms with Crippen molar-refractivity contribution in [1.82, 2.24) is 24.7 Å². The first-order chi connectivity index (χ1) is 11.3. The van der Waals surface area contributed by atoms with Crippen LogP contribution in [0.25, 0.3) is 5.65 Å². The largest absolute Gasteiger partial charge is 0.493 e. The lowest BCUT2D eigenvalue weighted by Gasteiger charge is -2.24. The number of pyridine rings is 1. The van der Waals surface area contributed by atoms with Crippen LogP contribution >= 0.6 is 0 Å². The van der Waals surface area contributed by atoms with E-state index in [4.69, 9.17) is 4.74 Å². The van der Waals surface area contributed by atoms with Gasteiger partial charge in [-0.3, -0.25) is 4.79 Å². The van der Waals surface area contributed by atoms with E-state index in [1.165, 1.54) is 0 Å². The third kappa shape index (κ3) is 2.84. The Bertz CT molecular complexity index is 907. The first kappa shape index (κ1) is 16.0. The van der Waals surface area contributed by atoms with E-state index in [-0.39, 0.29) is 5.91 Å². The molecule has 3 aromatic heterocycles. The van der Waals surface area contributed by atoms with Crippen LogP contribution in [0.15, 0.2) is 24.7 Å². The van der Waals surface area contributed by atoms with Gasteiger partial charge >= 0.3 is 0 Å². The number of fused-ring (bicyclic) bond motifs is 1. The number of hydrogen-bond acceptors (Lipinski definition) is 4. The molecule has 24 heavy (non-hydrogen) atoms. The van der Waals surface area contributed by atoms with Crippen LogP contribution in [0.1, 0.15) is 41.4 Å². The van der Waals surface area contributed by atoms with Gasteiger partial charge in [0.25, 0.3) is 5.91 Å². The molecule has 0 unspecified atom stereocenters. The number of imidazole rings is 2. The van der Waals surface area contributed by atoms with E-state index in [0.717, 1.165) is 11.4 Å². The summed E-state index contributed by atoms with van der Waals surface area (Å²) in [7, 11) is 1.57. The Morgan fingerprint density at radius 1 is 1.33 bits per heavy atom. The smallest absolute Gasteiger partial charge is 0.253 e. The molecule has 7 nitrogen and oxygen atoms in total. The number of aromatic nitrogens is 4. The number of H-pyrrole nitrogens is 1. The maximum absolute atomic E-state index is 12.7. The fraction of sp³-hybridized carbons (Fsp3) is 0.353. The summed E-state index contributed by atoms with van der Waals surface area (Å²) >= 11 is 0. The zero-order valence-electron chi connectivity index (χ0n) is 14.5. The van der Waals surface area contributed by atoms with Crippen molar-refractivity contribution in [3.63, 3.8) is 0 Å². The van der Waals surface area contributed by atoms with Crippen LogP contribution in [0.3, 0.4) is 0 Å². The molecular weight excluding hydrogens is 306 g/mol. The number of methoxy groups -OCH3 is 1. The van der Waals surface area contributed by atoms with E-state index in [0.29, 0.717) is 22.8 Å². The summed E-state index contributed by atoms with van der Waals surface area (Å²) in [5.41, 5.74) is 2.36. The molecule has 2 N–H and O–H groups in total. The lowest BCUT2D eigenvalue weighted by molar-refractivity contribution is 0.0908. The Morgan fingerprint density at radius 3 is 2.71 bits per heavy atom. The van der Waals surface area contributed by atoms with Gasteiger partial charge in [-0.25, -0.2) is 9.97 Å². The fourth-order valence-electron chi connectivity index (χ4n) is 2.61. The Labute approximate surface area is 140 Å². The lowest BCUT2D eigenvalue weighted by atomic mass is 10.0. The molecular formula is C17H21N5O2. The Balaban J connectivity index is 1.93. The summed E-state index contributed by atoms with van der Waals surface area (Å²) in [6.45, 7) is 7.63. The van der Waals surface area contributed by atoms with Gasteiger partial charge in [-0.2, -0.15) is 0 Å². The number of nitrogens with zero attached hydrogens (tertiary/aromatic N) is 3. The average Bonchev–Trinajstić information content (AvgIpc) is 3.10. The van der Waals surface area contributed by atoms with E-state index in [9.17, 15) is 4.79 Å². The third-order valence-electron chi connectivity index (χ3n) is 3.84. The fourth-order valence-corrected chi connectivity index (χ4v) is 2.61. The first-order valence-corrected chi connectivity index (χ1v) is 7.68. The van der Waals surface area contributed by atoms with Crippen molar-refractivity contribution in [1.29, 1.82) is 0 Å². The topological polar surface area (TPSA) is 84.3 Å². The van der Waals surface area contributed by atoms with E-state index >= 15 is 0 Å². The van der Waals surface area contributed by atoms with Gasteiger partial charge in [0.1, 0.15) is 5.82 Å². The van der Waals surface area contributed by atoms with Gasteiger partial charge in [-0.05, 0) is 33.8 Å². The summed E-state index contributed by atoms with van der Waals surface area (Å²) in [4.78, 5) is 24.6. The van der Waals surface area contributed by atoms with Gasteiger partial charge in [0.15, 0.2) is 11.4 Å². The van der Waals surface area contributed by atoms with Crippen LogP contribution in [0.2, 0.25) is 0 Å². The van der Waals surface area contributed by atoms with Crippen molar-refractivity contribution in [3.05, 3.63) is 47.4 Å². The van der Waals surface area contributed by atoms with Crippen LogP contribution < -0.4 is 10.1 Å². The molecule has 0 aliphatic carbocycles. The quantitative estimate of drug-likeness (QED) is 0.770. The number of carbonyl (C=O) groups excluding carboxylic acids is 1. The highest BCUT2D eigenvalue weighted by atomic mass is 16.5. The molecule has 0 aliphatic rings. The van der Waals surface area contributed by atoms with Crippen LogP contribution in [0.5, 0.6) is 5.75 Å². The Hall–Kier alpha value is -2.83. The number of amides is 1. The average molecular weight is 327 g/mol. The highest BCUT2D eigenvalue weighted by Gasteiger charge is 2.27. The van der Waals surface area contributed by atoms with Gasteiger partial charge in [0.05, 0.1) is 23.9 Å². The highest BCUT2D eigenvalue weighted by molar-refractivity contribution is 5.95. The van der Waals surface area contributed by atoms with Gasteiger partial charge in [0, 0.05) is 24.3 Å².